The number of hydrogen-bond acceptors (Lipinski definition) is 4. The van der Waals surface area contributed by atoms with E-state index in [2.05, 4.69) is 39.4 Å². The molecule has 1 aliphatic heterocycles. The Morgan fingerprint density at radius 2 is 1.35 bits per heavy atom. The van der Waals surface area contributed by atoms with E-state index in [1.807, 2.05) is 30.3 Å². The Kier molecular flexibility index (Phi) is 5.53. The zero-order valence-corrected chi connectivity index (χ0v) is 14.3. The van der Waals surface area contributed by atoms with Crippen molar-refractivity contribution >= 4 is 28.9 Å². The second-order valence-electron chi connectivity index (χ2n) is 6.02. The normalized spacial score (nSPS) is 14.5. The first-order valence-electron chi connectivity index (χ1n) is 8.49. The Hall–Kier alpha value is -3.28. The van der Waals surface area contributed by atoms with Crippen LogP contribution in [0.3, 0.4) is 0 Å². The molecular formula is C20H21N3O3. The van der Waals surface area contributed by atoms with Crippen LogP contribution in [0.15, 0.2) is 66.7 Å². The summed E-state index contributed by atoms with van der Waals surface area (Å²) in [6.07, 6.45) is 1.81. The summed E-state index contributed by atoms with van der Waals surface area (Å²) in [7, 11) is 0. The number of rotatable bonds is 5. The van der Waals surface area contributed by atoms with Crippen LogP contribution in [0.1, 0.15) is 0 Å². The summed E-state index contributed by atoms with van der Waals surface area (Å²) in [5.41, 5.74) is 2.99. The number of aliphatic carboxylic acids is 1. The third kappa shape index (κ3) is 4.63. The summed E-state index contributed by atoms with van der Waals surface area (Å²) >= 11 is 0. The molecular weight excluding hydrogens is 330 g/mol. The molecule has 0 bridgehead atoms. The number of carboxylic acid groups (broad SMARTS) is 1. The lowest BCUT2D eigenvalue weighted by molar-refractivity contribution is -0.131. The van der Waals surface area contributed by atoms with Crippen molar-refractivity contribution in [3.8, 4) is 0 Å². The molecule has 1 saturated heterocycles. The Morgan fingerprint density at radius 3 is 1.88 bits per heavy atom. The van der Waals surface area contributed by atoms with Gasteiger partial charge in [0.2, 0.25) is 5.91 Å². The van der Waals surface area contributed by atoms with Crippen LogP contribution in [-0.2, 0) is 9.59 Å². The number of carboxylic acids is 1. The third-order valence-corrected chi connectivity index (χ3v) is 4.28. The van der Waals surface area contributed by atoms with Crippen molar-refractivity contribution in [3.05, 3.63) is 66.7 Å². The molecule has 1 fully saturated rings. The van der Waals surface area contributed by atoms with E-state index in [1.54, 1.807) is 0 Å². The first-order valence-corrected chi connectivity index (χ1v) is 8.49. The number of hydrogen-bond donors (Lipinski definition) is 2. The van der Waals surface area contributed by atoms with Gasteiger partial charge in [-0.2, -0.15) is 0 Å². The summed E-state index contributed by atoms with van der Waals surface area (Å²) in [6, 6.07) is 18.0. The first-order chi connectivity index (χ1) is 12.6. The zero-order valence-electron chi connectivity index (χ0n) is 14.3. The number of nitrogens with zero attached hydrogens (tertiary/aromatic N) is 2. The minimum Gasteiger partial charge on any atom is -0.478 e. The number of nitrogens with one attached hydrogen (secondary N) is 1. The molecule has 2 N–H and O–H groups in total. The number of benzene rings is 2. The van der Waals surface area contributed by atoms with Crippen molar-refractivity contribution in [2.24, 2.45) is 0 Å². The molecule has 3 rings (SSSR count). The van der Waals surface area contributed by atoms with Crippen molar-refractivity contribution in [3.63, 3.8) is 0 Å². The van der Waals surface area contributed by atoms with E-state index in [0.717, 1.165) is 44.0 Å². The fourth-order valence-corrected chi connectivity index (χ4v) is 2.95. The van der Waals surface area contributed by atoms with E-state index < -0.39 is 11.9 Å². The maximum atomic E-state index is 11.6. The summed E-state index contributed by atoms with van der Waals surface area (Å²) in [4.78, 5) is 26.7. The second kappa shape index (κ2) is 8.20. The van der Waals surface area contributed by atoms with Crippen molar-refractivity contribution in [1.82, 2.24) is 0 Å². The van der Waals surface area contributed by atoms with Gasteiger partial charge in [-0.25, -0.2) is 4.79 Å². The number of amides is 1. The van der Waals surface area contributed by atoms with Crippen molar-refractivity contribution in [1.29, 1.82) is 0 Å². The van der Waals surface area contributed by atoms with Crippen LogP contribution in [-0.4, -0.2) is 43.2 Å². The predicted octanol–water partition coefficient (Wildman–Crippen LogP) is 2.59. The SMILES string of the molecule is O=C(O)C=CC(=O)Nc1ccc(N2CCN(c3ccccc3)CC2)cc1. The monoisotopic (exact) mass is 351 g/mol. The number of carbonyl (C=O) groups excluding carboxylic acids is 1. The van der Waals surface area contributed by atoms with E-state index in [9.17, 15) is 9.59 Å². The summed E-state index contributed by atoms with van der Waals surface area (Å²) in [5.74, 6) is -1.61. The van der Waals surface area contributed by atoms with Crippen LogP contribution in [0, 0.1) is 0 Å². The molecule has 134 valence electrons. The third-order valence-electron chi connectivity index (χ3n) is 4.28. The smallest absolute Gasteiger partial charge is 0.328 e. The van der Waals surface area contributed by atoms with Gasteiger partial charge in [-0.05, 0) is 36.4 Å². The maximum Gasteiger partial charge on any atom is 0.328 e. The molecule has 1 aliphatic rings. The zero-order chi connectivity index (χ0) is 18.4. The van der Waals surface area contributed by atoms with Gasteiger partial charge in [-0.3, -0.25) is 4.79 Å². The van der Waals surface area contributed by atoms with Gasteiger partial charge >= 0.3 is 5.97 Å². The average Bonchev–Trinajstić information content (AvgIpc) is 2.68. The van der Waals surface area contributed by atoms with E-state index in [1.165, 1.54) is 5.69 Å². The largest absolute Gasteiger partial charge is 0.478 e. The highest BCUT2D eigenvalue weighted by Crippen LogP contribution is 2.22. The van der Waals surface area contributed by atoms with Gasteiger partial charge in [-0.15, -0.1) is 0 Å². The maximum absolute atomic E-state index is 11.6. The van der Waals surface area contributed by atoms with Gasteiger partial charge in [0.25, 0.3) is 0 Å². The highest BCUT2D eigenvalue weighted by molar-refractivity contribution is 6.02. The van der Waals surface area contributed by atoms with Crippen LogP contribution in [0.2, 0.25) is 0 Å². The van der Waals surface area contributed by atoms with Gasteiger partial charge in [0.1, 0.15) is 0 Å². The number of piperazine rings is 1. The molecule has 6 heteroatoms. The number of anilines is 3. The fourth-order valence-electron chi connectivity index (χ4n) is 2.95. The Bertz CT molecular complexity index is 780. The molecule has 1 amide bonds. The van der Waals surface area contributed by atoms with E-state index in [-0.39, 0.29) is 0 Å². The van der Waals surface area contributed by atoms with Crippen molar-refractivity contribution < 1.29 is 14.7 Å². The Labute approximate surface area is 152 Å². The molecule has 2 aromatic carbocycles. The van der Waals surface area contributed by atoms with Gasteiger partial charge in [0.15, 0.2) is 0 Å². The highest BCUT2D eigenvalue weighted by atomic mass is 16.4. The van der Waals surface area contributed by atoms with Crippen LogP contribution in [0.25, 0.3) is 0 Å². The van der Waals surface area contributed by atoms with E-state index in [4.69, 9.17) is 5.11 Å². The van der Waals surface area contributed by atoms with Crippen LogP contribution in [0.5, 0.6) is 0 Å². The van der Waals surface area contributed by atoms with E-state index >= 15 is 0 Å². The quantitative estimate of drug-likeness (QED) is 0.810. The molecule has 0 unspecified atom stereocenters. The summed E-state index contributed by atoms with van der Waals surface area (Å²) in [6.45, 7) is 3.79. The summed E-state index contributed by atoms with van der Waals surface area (Å²) in [5, 5.41) is 11.2. The van der Waals surface area contributed by atoms with Gasteiger partial charge < -0.3 is 20.2 Å². The topological polar surface area (TPSA) is 72.9 Å². The van der Waals surface area contributed by atoms with Crippen molar-refractivity contribution in [2.75, 3.05) is 41.3 Å². The minimum absolute atomic E-state index is 0.461. The van der Waals surface area contributed by atoms with Gasteiger partial charge in [-0.1, -0.05) is 18.2 Å². The second-order valence-corrected chi connectivity index (χ2v) is 6.02. The average molecular weight is 351 g/mol. The van der Waals surface area contributed by atoms with E-state index in [0.29, 0.717) is 5.69 Å². The molecule has 0 spiro atoms. The number of carbonyl (C=O) groups is 2. The molecule has 0 saturated carbocycles. The highest BCUT2D eigenvalue weighted by Gasteiger charge is 2.17. The molecule has 1 heterocycles. The first kappa shape index (κ1) is 17.5. The molecule has 26 heavy (non-hydrogen) atoms. The molecule has 0 atom stereocenters. The Morgan fingerprint density at radius 1 is 0.808 bits per heavy atom. The lowest BCUT2D eigenvalue weighted by atomic mass is 10.2. The molecule has 0 aliphatic carbocycles. The lowest BCUT2D eigenvalue weighted by Crippen LogP contribution is -2.46. The van der Waals surface area contributed by atoms with Gasteiger partial charge in [0, 0.05) is 55.4 Å². The molecule has 0 radical (unpaired) electrons. The molecule has 6 nitrogen and oxygen atoms in total. The number of para-hydroxylation sites is 1. The lowest BCUT2D eigenvalue weighted by Gasteiger charge is -2.37. The van der Waals surface area contributed by atoms with Crippen molar-refractivity contribution in [2.45, 2.75) is 0 Å². The molecule has 2 aromatic rings. The Balaban J connectivity index is 1.55. The minimum atomic E-state index is -1.15. The van der Waals surface area contributed by atoms with Crippen LogP contribution >= 0.6 is 0 Å². The van der Waals surface area contributed by atoms with Gasteiger partial charge in [0.05, 0.1) is 0 Å². The van der Waals surface area contributed by atoms with Crippen LogP contribution < -0.4 is 15.1 Å². The summed E-state index contributed by atoms with van der Waals surface area (Å²) < 4.78 is 0. The predicted molar refractivity (Wildman–Crippen MR) is 103 cm³/mol. The fraction of sp³-hybridized carbons (Fsp3) is 0.200. The molecule has 0 aromatic heterocycles. The van der Waals surface area contributed by atoms with Crippen LogP contribution in [0.4, 0.5) is 17.1 Å². The standard InChI is InChI=1S/C20H21N3O3/c24-19(10-11-20(25)26)21-16-6-8-18(9-7-16)23-14-12-22(13-15-23)17-4-2-1-3-5-17/h1-11H,12-15H2,(H,21,24)(H,25,26).